The van der Waals surface area contributed by atoms with Gasteiger partial charge >= 0.3 is 0 Å². The molecule has 1 fully saturated rings. The van der Waals surface area contributed by atoms with Gasteiger partial charge in [0, 0.05) is 6.54 Å². The van der Waals surface area contributed by atoms with Crippen molar-refractivity contribution in [2.75, 3.05) is 6.54 Å². The van der Waals surface area contributed by atoms with Crippen LogP contribution in [0.25, 0.3) is 0 Å². The maximum Gasteiger partial charge on any atom is 0.246 e. The largest absolute Gasteiger partial charge is 0.329 e. The fourth-order valence-corrected chi connectivity index (χ4v) is 1.79. The van der Waals surface area contributed by atoms with Gasteiger partial charge in [-0.3, -0.25) is 10.1 Å². The topological polar surface area (TPSA) is 44.7 Å². The summed E-state index contributed by atoms with van der Waals surface area (Å²) in [5.41, 5.74) is 2.13. The first kappa shape index (κ1) is 7.55. The molecule has 2 aliphatic rings. The van der Waals surface area contributed by atoms with E-state index >= 15 is 0 Å². The van der Waals surface area contributed by atoms with E-state index in [1.54, 1.807) is 0 Å². The lowest BCUT2D eigenvalue weighted by Crippen LogP contribution is -2.31. The zero-order valence-electron chi connectivity index (χ0n) is 7.53. The third-order valence-corrected chi connectivity index (χ3v) is 2.46. The summed E-state index contributed by atoms with van der Waals surface area (Å²) in [4.78, 5) is 17.4. The number of amides is 1. The molecule has 0 spiro atoms. The first-order valence-electron chi connectivity index (χ1n) is 4.54. The summed E-state index contributed by atoms with van der Waals surface area (Å²) in [6.07, 6.45) is 0. The number of benzene rings is 1. The fraction of sp³-hybridized carbons (Fsp3) is 0.200. The molecule has 1 aromatic carbocycles. The van der Waals surface area contributed by atoms with E-state index in [1.807, 2.05) is 29.2 Å². The van der Waals surface area contributed by atoms with Gasteiger partial charge in [-0.2, -0.15) is 0 Å². The van der Waals surface area contributed by atoms with E-state index in [-0.39, 0.29) is 5.91 Å². The Bertz CT molecular complexity index is 439. The van der Waals surface area contributed by atoms with Crippen LogP contribution in [0.3, 0.4) is 0 Å². The van der Waals surface area contributed by atoms with Crippen LogP contribution in [0, 0.1) is 0 Å². The maximum absolute atomic E-state index is 11.1. The van der Waals surface area contributed by atoms with Crippen molar-refractivity contribution in [2.45, 2.75) is 6.54 Å². The minimum Gasteiger partial charge on any atom is -0.329 e. The smallest absolute Gasteiger partial charge is 0.246 e. The van der Waals surface area contributed by atoms with Crippen LogP contribution < -0.4 is 5.32 Å². The van der Waals surface area contributed by atoms with E-state index in [9.17, 15) is 4.79 Å². The second-order valence-corrected chi connectivity index (χ2v) is 3.47. The van der Waals surface area contributed by atoms with Crippen LogP contribution in [0.4, 0.5) is 5.69 Å². The van der Waals surface area contributed by atoms with E-state index in [0.717, 1.165) is 12.2 Å². The molecule has 2 heterocycles. The van der Waals surface area contributed by atoms with Crippen molar-refractivity contribution in [1.82, 2.24) is 10.2 Å². The van der Waals surface area contributed by atoms with Crippen molar-refractivity contribution >= 4 is 17.6 Å². The Hall–Kier alpha value is -1.84. The van der Waals surface area contributed by atoms with Crippen LogP contribution in [0.2, 0.25) is 0 Å². The van der Waals surface area contributed by atoms with Crippen LogP contribution >= 0.6 is 0 Å². The van der Waals surface area contributed by atoms with Gasteiger partial charge < -0.3 is 4.90 Å². The Morgan fingerprint density at radius 1 is 1.29 bits per heavy atom. The third kappa shape index (κ3) is 1.00. The Kier molecular flexibility index (Phi) is 1.39. The number of hydrogen-bond acceptors (Lipinski definition) is 3. The first-order chi connectivity index (χ1) is 6.83. The third-order valence-electron chi connectivity index (χ3n) is 2.46. The van der Waals surface area contributed by atoms with Gasteiger partial charge in [0.1, 0.15) is 6.54 Å². The molecule has 0 aliphatic carbocycles. The van der Waals surface area contributed by atoms with Crippen molar-refractivity contribution in [1.29, 1.82) is 0 Å². The van der Waals surface area contributed by atoms with Gasteiger partial charge in [0.25, 0.3) is 0 Å². The molecule has 1 aromatic rings. The molecule has 4 heteroatoms. The maximum atomic E-state index is 11.1. The van der Waals surface area contributed by atoms with Gasteiger partial charge in [-0.1, -0.05) is 18.2 Å². The number of para-hydroxylation sites is 1. The lowest BCUT2D eigenvalue weighted by Gasteiger charge is -2.22. The van der Waals surface area contributed by atoms with Crippen molar-refractivity contribution in [3.63, 3.8) is 0 Å². The highest BCUT2D eigenvalue weighted by molar-refractivity contribution is 6.05. The molecule has 70 valence electrons. The molecular weight excluding hydrogens is 178 g/mol. The minimum absolute atomic E-state index is 0.0246. The quantitative estimate of drug-likeness (QED) is 0.647. The Balaban J connectivity index is 2.07. The van der Waals surface area contributed by atoms with Crippen LogP contribution in [0.5, 0.6) is 0 Å². The van der Waals surface area contributed by atoms with Crippen LogP contribution in [0.1, 0.15) is 5.56 Å². The molecule has 0 aromatic heterocycles. The van der Waals surface area contributed by atoms with Crippen LogP contribution in [-0.4, -0.2) is 23.3 Å². The predicted molar refractivity (Wildman–Crippen MR) is 52.1 cm³/mol. The summed E-state index contributed by atoms with van der Waals surface area (Å²) in [5.74, 6) is 0.713. The molecule has 14 heavy (non-hydrogen) atoms. The number of guanidine groups is 1. The van der Waals surface area contributed by atoms with Gasteiger partial charge in [0.05, 0.1) is 5.69 Å². The highest BCUT2D eigenvalue weighted by Crippen LogP contribution is 2.26. The Morgan fingerprint density at radius 2 is 2.14 bits per heavy atom. The van der Waals surface area contributed by atoms with Gasteiger partial charge in [0.2, 0.25) is 11.9 Å². The highest BCUT2D eigenvalue weighted by Gasteiger charge is 2.28. The minimum atomic E-state index is 0.0246. The summed E-state index contributed by atoms with van der Waals surface area (Å²) in [6.45, 7) is 1.20. The zero-order valence-corrected chi connectivity index (χ0v) is 7.53. The van der Waals surface area contributed by atoms with Gasteiger partial charge in [-0.25, -0.2) is 4.99 Å². The van der Waals surface area contributed by atoms with E-state index in [2.05, 4.69) is 10.3 Å². The average molecular weight is 187 g/mol. The van der Waals surface area contributed by atoms with Crippen molar-refractivity contribution in [3.8, 4) is 0 Å². The second-order valence-electron chi connectivity index (χ2n) is 3.47. The molecule has 2 aliphatic heterocycles. The number of nitrogens with one attached hydrogen (secondary N) is 1. The van der Waals surface area contributed by atoms with Crippen molar-refractivity contribution in [2.24, 2.45) is 4.99 Å². The SMILES string of the molecule is O=C1CN2Cc3ccccc3N=C2N1. The molecule has 3 rings (SSSR count). The van der Waals surface area contributed by atoms with E-state index in [0.29, 0.717) is 12.5 Å². The fourth-order valence-electron chi connectivity index (χ4n) is 1.79. The van der Waals surface area contributed by atoms with E-state index in [4.69, 9.17) is 0 Å². The number of nitrogens with zero attached hydrogens (tertiary/aromatic N) is 2. The lowest BCUT2D eigenvalue weighted by molar-refractivity contribution is -0.118. The van der Waals surface area contributed by atoms with Gasteiger partial charge in [-0.15, -0.1) is 0 Å². The number of fused-ring (bicyclic) bond motifs is 2. The highest BCUT2D eigenvalue weighted by atomic mass is 16.2. The molecular formula is C10H9N3O. The summed E-state index contributed by atoms with van der Waals surface area (Å²) < 4.78 is 0. The molecule has 1 N–H and O–H groups in total. The lowest BCUT2D eigenvalue weighted by atomic mass is 10.1. The Labute approximate surface area is 81.2 Å². The number of carbonyl (C=O) groups is 1. The van der Waals surface area contributed by atoms with E-state index in [1.165, 1.54) is 5.56 Å². The molecule has 0 saturated carbocycles. The summed E-state index contributed by atoms with van der Waals surface area (Å²) in [5, 5.41) is 2.73. The van der Waals surface area contributed by atoms with Gasteiger partial charge in [-0.05, 0) is 11.6 Å². The molecule has 0 radical (unpaired) electrons. The number of carbonyl (C=O) groups excluding carboxylic acids is 1. The predicted octanol–water partition coefficient (Wildman–Crippen LogP) is 0.620. The molecule has 0 bridgehead atoms. The molecule has 1 amide bonds. The summed E-state index contributed by atoms with van der Waals surface area (Å²) >= 11 is 0. The number of aliphatic imine (C=N–C) groups is 1. The van der Waals surface area contributed by atoms with Crippen molar-refractivity contribution < 1.29 is 4.79 Å². The molecule has 1 saturated heterocycles. The standard InChI is InChI=1S/C10H9N3O/c14-9-6-13-5-7-3-1-2-4-8(7)11-10(13)12-9/h1-4H,5-6H2,(H,11,12,14). The second kappa shape index (κ2) is 2.57. The van der Waals surface area contributed by atoms with Gasteiger partial charge in [0.15, 0.2) is 0 Å². The molecule has 0 atom stereocenters. The number of rotatable bonds is 0. The van der Waals surface area contributed by atoms with Crippen LogP contribution in [-0.2, 0) is 11.3 Å². The summed E-state index contributed by atoms with van der Waals surface area (Å²) in [6, 6.07) is 7.95. The first-order valence-corrected chi connectivity index (χ1v) is 4.54. The van der Waals surface area contributed by atoms with Crippen molar-refractivity contribution in [3.05, 3.63) is 29.8 Å². The normalized spacial score (nSPS) is 18.4. The van der Waals surface area contributed by atoms with Crippen LogP contribution in [0.15, 0.2) is 29.3 Å². The van der Waals surface area contributed by atoms with E-state index < -0.39 is 0 Å². The average Bonchev–Trinajstić information content (AvgIpc) is 2.53. The zero-order chi connectivity index (χ0) is 9.54. The monoisotopic (exact) mass is 187 g/mol. The summed E-state index contributed by atoms with van der Waals surface area (Å²) in [7, 11) is 0. The Morgan fingerprint density at radius 3 is 3.07 bits per heavy atom. The molecule has 0 unspecified atom stereocenters. The molecule has 4 nitrogen and oxygen atoms in total. The number of hydrogen-bond donors (Lipinski definition) is 1.